The maximum Gasteiger partial charge on any atom is 0.126 e. The summed E-state index contributed by atoms with van der Waals surface area (Å²) >= 11 is 0. The molecule has 0 aliphatic rings. The molecular formula is C22H29N3O. The number of fused-ring (bicyclic) bond motifs is 1. The molecule has 138 valence electrons. The van der Waals surface area contributed by atoms with Crippen LogP contribution in [0.2, 0.25) is 0 Å². The third kappa shape index (κ3) is 3.91. The molecule has 0 spiro atoms. The Morgan fingerprint density at radius 2 is 1.77 bits per heavy atom. The molecule has 1 atom stereocenters. The number of ether oxygens (including phenoxy) is 1. The van der Waals surface area contributed by atoms with Crippen molar-refractivity contribution in [1.82, 2.24) is 9.55 Å². The van der Waals surface area contributed by atoms with E-state index >= 15 is 0 Å². The number of nitrogens with two attached hydrogens (primary N) is 1. The van der Waals surface area contributed by atoms with E-state index in [1.54, 1.807) is 0 Å². The van der Waals surface area contributed by atoms with Gasteiger partial charge in [0.15, 0.2) is 0 Å². The zero-order valence-corrected chi connectivity index (χ0v) is 16.2. The maximum atomic E-state index is 6.27. The van der Waals surface area contributed by atoms with Crippen molar-refractivity contribution in [2.75, 3.05) is 6.61 Å². The number of nitrogens with zero attached hydrogens (tertiary/aromatic N) is 2. The summed E-state index contributed by atoms with van der Waals surface area (Å²) in [5, 5.41) is 0. The van der Waals surface area contributed by atoms with Crippen LogP contribution in [0.25, 0.3) is 11.0 Å². The molecule has 0 amide bonds. The lowest BCUT2D eigenvalue weighted by atomic mass is 9.87. The molecular weight excluding hydrogens is 322 g/mol. The van der Waals surface area contributed by atoms with E-state index in [1.807, 2.05) is 30.3 Å². The van der Waals surface area contributed by atoms with Gasteiger partial charge in [0.1, 0.15) is 18.2 Å². The molecule has 0 saturated heterocycles. The Bertz CT molecular complexity index is 859. The lowest BCUT2D eigenvalue weighted by Gasteiger charge is -2.19. The number of imidazole rings is 1. The van der Waals surface area contributed by atoms with Gasteiger partial charge in [-0.3, -0.25) is 0 Å². The van der Waals surface area contributed by atoms with Gasteiger partial charge in [0.2, 0.25) is 0 Å². The average Bonchev–Trinajstić information content (AvgIpc) is 2.99. The van der Waals surface area contributed by atoms with Gasteiger partial charge in [0, 0.05) is 0 Å². The van der Waals surface area contributed by atoms with Gasteiger partial charge in [-0.05, 0) is 41.7 Å². The lowest BCUT2D eigenvalue weighted by molar-refractivity contribution is 0.296. The minimum absolute atomic E-state index is 0.0616. The van der Waals surface area contributed by atoms with Gasteiger partial charge in [-0.15, -0.1) is 0 Å². The second-order valence-electron chi connectivity index (χ2n) is 7.75. The minimum atomic E-state index is -0.0616. The average molecular weight is 351 g/mol. The van der Waals surface area contributed by atoms with Crippen molar-refractivity contribution in [1.29, 1.82) is 0 Å². The quantitative estimate of drug-likeness (QED) is 0.692. The van der Waals surface area contributed by atoms with Gasteiger partial charge in [0.25, 0.3) is 0 Å². The lowest BCUT2D eigenvalue weighted by Crippen LogP contribution is -2.18. The molecule has 1 heterocycles. The third-order valence-corrected chi connectivity index (χ3v) is 4.76. The molecule has 0 aliphatic heterocycles. The van der Waals surface area contributed by atoms with Crippen molar-refractivity contribution in [3.8, 4) is 5.75 Å². The van der Waals surface area contributed by atoms with E-state index in [1.165, 1.54) is 5.56 Å². The van der Waals surface area contributed by atoms with Crippen LogP contribution in [0.1, 0.15) is 51.5 Å². The first-order valence-corrected chi connectivity index (χ1v) is 9.34. The van der Waals surface area contributed by atoms with Gasteiger partial charge < -0.3 is 15.0 Å². The molecule has 1 aromatic heterocycles. The highest BCUT2D eigenvalue weighted by molar-refractivity contribution is 5.76. The van der Waals surface area contributed by atoms with Crippen LogP contribution in [0.4, 0.5) is 0 Å². The van der Waals surface area contributed by atoms with Crippen molar-refractivity contribution in [3.05, 3.63) is 59.9 Å². The van der Waals surface area contributed by atoms with E-state index in [0.29, 0.717) is 6.61 Å². The Labute approximate surface area is 156 Å². The molecule has 0 aliphatic carbocycles. The smallest absolute Gasteiger partial charge is 0.126 e. The molecule has 0 radical (unpaired) electrons. The Balaban J connectivity index is 1.73. The normalized spacial score (nSPS) is 13.1. The zero-order valence-electron chi connectivity index (χ0n) is 16.2. The Kier molecular flexibility index (Phi) is 5.33. The van der Waals surface area contributed by atoms with Crippen LogP contribution in [0.5, 0.6) is 5.75 Å². The predicted octanol–water partition coefficient (Wildman–Crippen LogP) is 4.82. The SMILES string of the molecule is CCC(N)c1nc2ccccc2n1CCOc1ccc(C(C)(C)C)cc1. The number of para-hydroxylation sites is 2. The number of benzene rings is 2. The van der Waals surface area contributed by atoms with Crippen molar-refractivity contribution in [2.24, 2.45) is 5.73 Å². The van der Waals surface area contributed by atoms with Crippen LogP contribution in [0, 0.1) is 0 Å². The fourth-order valence-electron chi connectivity index (χ4n) is 3.10. The largest absolute Gasteiger partial charge is 0.492 e. The second-order valence-corrected chi connectivity index (χ2v) is 7.75. The van der Waals surface area contributed by atoms with Gasteiger partial charge in [-0.2, -0.15) is 0 Å². The number of hydrogen-bond donors (Lipinski definition) is 1. The van der Waals surface area contributed by atoms with E-state index in [0.717, 1.165) is 35.6 Å². The number of rotatable bonds is 6. The molecule has 3 rings (SSSR count). The molecule has 0 fully saturated rings. The number of aromatic nitrogens is 2. The molecule has 0 bridgehead atoms. The Hall–Kier alpha value is -2.33. The van der Waals surface area contributed by atoms with Gasteiger partial charge in [0.05, 0.1) is 23.6 Å². The van der Waals surface area contributed by atoms with Gasteiger partial charge >= 0.3 is 0 Å². The third-order valence-electron chi connectivity index (χ3n) is 4.76. The van der Waals surface area contributed by atoms with Crippen molar-refractivity contribution in [3.63, 3.8) is 0 Å². The van der Waals surface area contributed by atoms with Crippen LogP contribution in [-0.2, 0) is 12.0 Å². The second kappa shape index (κ2) is 7.50. The van der Waals surface area contributed by atoms with Crippen LogP contribution >= 0.6 is 0 Å². The molecule has 26 heavy (non-hydrogen) atoms. The molecule has 1 unspecified atom stereocenters. The fraction of sp³-hybridized carbons (Fsp3) is 0.409. The highest BCUT2D eigenvalue weighted by Gasteiger charge is 2.16. The van der Waals surface area contributed by atoms with Gasteiger partial charge in [-0.1, -0.05) is 52.0 Å². The van der Waals surface area contributed by atoms with Gasteiger partial charge in [-0.25, -0.2) is 4.98 Å². The number of hydrogen-bond acceptors (Lipinski definition) is 3. The Morgan fingerprint density at radius 3 is 2.42 bits per heavy atom. The highest BCUT2D eigenvalue weighted by atomic mass is 16.5. The van der Waals surface area contributed by atoms with Crippen LogP contribution in [0.3, 0.4) is 0 Å². The first kappa shape index (κ1) is 18.5. The molecule has 4 heteroatoms. The Morgan fingerprint density at radius 1 is 1.08 bits per heavy atom. The fourth-order valence-corrected chi connectivity index (χ4v) is 3.10. The standard InChI is InChI=1S/C22H29N3O/c1-5-18(23)21-24-19-8-6-7-9-20(19)25(21)14-15-26-17-12-10-16(11-13-17)22(2,3)4/h6-13,18H,5,14-15,23H2,1-4H3. The molecule has 0 saturated carbocycles. The maximum absolute atomic E-state index is 6.27. The topological polar surface area (TPSA) is 53.1 Å². The van der Waals surface area contributed by atoms with E-state index < -0.39 is 0 Å². The van der Waals surface area contributed by atoms with Crippen molar-refractivity contribution in [2.45, 2.75) is 52.1 Å². The summed E-state index contributed by atoms with van der Waals surface area (Å²) in [7, 11) is 0. The van der Waals surface area contributed by atoms with E-state index in [2.05, 4.69) is 50.5 Å². The predicted molar refractivity (Wildman–Crippen MR) is 108 cm³/mol. The molecule has 2 aromatic carbocycles. The summed E-state index contributed by atoms with van der Waals surface area (Å²) in [4.78, 5) is 4.73. The highest BCUT2D eigenvalue weighted by Crippen LogP contribution is 2.25. The zero-order chi connectivity index (χ0) is 18.7. The van der Waals surface area contributed by atoms with Crippen molar-refractivity contribution >= 4 is 11.0 Å². The van der Waals surface area contributed by atoms with Crippen LogP contribution in [-0.4, -0.2) is 16.2 Å². The van der Waals surface area contributed by atoms with E-state index in [4.69, 9.17) is 15.5 Å². The van der Waals surface area contributed by atoms with Crippen molar-refractivity contribution < 1.29 is 4.74 Å². The van der Waals surface area contributed by atoms with E-state index in [9.17, 15) is 0 Å². The summed E-state index contributed by atoms with van der Waals surface area (Å²) in [6.07, 6.45) is 0.860. The van der Waals surface area contributed by atoms with Crippen LogP contribution in [0.15, 0.2) is 48.5 Å². The monoisotopic (exact) mass is 351 g/mol. The molecule has 3 aromatic rings. The summed E-state index contributed by atoms with van der Waals surface area (Å²) in [6.45, 7) is 10.0. The summed E-state index contributed by atoms with van der Waals surface area (Å²) in [5.74, 6) is 1.82. The summed E-state index contributed by atoms with van der Waals surface area (Å²) in [6, 6.07) is 16.5. The minimum Gasteiger partial charge on any atom is -0.492 e. The molecule has 4 nitrogen and oxygen atoms in total. The first-order chi connectivity index (χ1) is 12.4. The first-order valence-electron chi connectivity index (χ1n) is 9.34. The summed E-state index contributed by atoms with van der Waals surface area (Å²) in [5.41, 5.74) is 9.83. The van der Waals surface area contributed by atoms with E-state index in [-0.39, 0.29) is 11.5 Å². The summed E-state index contributed by atoms with van der Waals surface area (Å²) < 4.78 is 8.16. The van der Waals surface area contributed by atoms with Crippen LogP contribution < -0.4 is 10.5 Å². The molecule has 2 N–H and O–H groups in total.